The van der Waals surface area contributed by atoms with Crippen LogP contribution in [0, 0.1) is 5.92 Å². The van der Waals surface area contributed by atoms with Crippen LogP contribution < -0.4 is 10.6 Å². The molecule has 0 saturated carbocycles. The van der Waals surface area contributed by atoms with Crippen LogP contribution in [0.25, 0.3) is 0 Å². The van der Waals surface area contributed by atoms with Crippen LogP contribution in [0.4, 0.5) is 11.4 Å². The maximum absolute atomic E-state index is 12.2. The van der Waals surface area contributed by atoms with Gasteiger partial charge in [-0.1, -0.05) is 13.3 Å². The first-order chi connectivity index (χ1) is 9.86. The predicted octanol–water partition coefficient (Wildman–Crippen LogP) is 2.15. The summed E-state index contributed by atoms with van der Waals surface area (Å²) in [7, 11) is -0.338. The van der Waals surface area contributed by atoms with Crippen LogP contribution >= 0.6 is 0 Å². The number of sulfonamides is 1. The van der Waals surface area contributed by atoms with Gasteiger partial charge in [-0.15, -0.1) is 0 Å². The van der Waals surface area contributed by atoms with Crippen LogP contribution in [-0.2, 0) is 10.0 Å². The van der Waals surface area contributed by atoms with Crippen molar-refractivity contribution in [1.29, 1.82) is 0 Å². The molecule has 1 unspecified atom stereocenters. The predicted molar refractivity (Wildman–Crippen MR) is 87.0 cm³/mol. The van der Waals surface area contributed by atoms with E-state index >= 15 is 0 Å². The minimum atomic E-state index is -3.42. The molecule has 118 valence electrons. The summed E-state index contributed by atoms with van der Waals surface area (Å²) in [5.74, 6) is 0.684. The van der Waals surface area contributed by atoms with E-state index in [1.807, 2.05) is 0 Å². The Kier molecular flexibility index (Phi) is 4.78. The van der Waals surface area contributed by atoms with E-state index in [0.717, 1.165) is 25.2 Å². The molecule has 0 aromatic heterocycles. The Balaban J connectivity index is 2.29. The molecule has 1 atom stereocenters. The third-order valence-electron chi connectivity index (χ3n) is 4.10. The van der Waals surface area contributed by atoms with Gasteiger partial charge < -0.3 is 10.6 Å². The average molecular weight is 311 g/mol. The van der Waals surface area contributed by atoms with Crippen LogP contribution in [0.5, 0.6) is 0 Å². The fourth-order valence-corrected chi connectivity index (χ4v) is 3.79. The molecule has 2 N–H and O–H groups in total. The van der Waals surface area contributed by atoms with E-state index in [0.29, 0.717) is 16.5 Å². The Labute approximate surface area is 127 Å². The van der Waals surface area contributed by atoms with Gasteiger partial charge >= 0.3 is 0 Å². The summed E-state index contributed by atoms with van der Waals surface area (Å²) in [5, 5.41) is 0. The molecule has 6 heteroatoms. The van der Waals surface area contributed by atoms with Crippen molar-refractivity contribution in [3.8, 4) is 0 Å². The van der Waals surface area contributed by atoms with Gasteiger partial charge in [-0.25, -0.2) is 12.7 Å². The molecule has 0 aliphatic carbocycles. The minimum Gasteiger partial charge on any atom is -0.397 e. The molecule has 5 nitrogen and oxygen atoms in total. The van der Waals surface area contributed by atoms with Crippen molar-refractivity contribution in [2.24, 2.45) is 5.92 Å². The van der Waals surface area contributed by atoms with E-state index in [1.54, 1.807) is 32.3 Å². The highest BCUT2D eigenvalue weighted by Crippen LogP contribution is 2.32. The highest BCUT2D eigenvalue weighted by molar-refractivity contribution is 7.89. The molecule has 0 amide bonds. The Bertz CT molecular complexity index is 599. The first-order valence-corrected chi connectivity index (χ1v) is 8.87. The van der Waals surface area contributed by atoms with Crippen LogP contribution in [-0.4, -0.2) is 39.9 Å². The maximum Gasteiger partial charge on any atom is 0.242 e. The molecule has 0 bridgehead atoms. The molecule has 0 spiro atoms. The molecule has 21 heavy (non-hydrogen) atoms. The van der Waals surface area contributed by atoms with Gasteiger partial charge in [0, 0.05) is 27.2 Å². The summed E-state index contributed by atoms with van der Waals surface area (Å²) >= 11 is 0. The highest BCUT2D eigenvalue weighted by Gasteiger charge is 2.25. The Hall–Kier alpha value is -1.27. The molecule has 1 aliphatic heterocycles. The lowest BCUT2D eigenvalue weighted by molar-refractivity contribution is 0.520. The maximum atomic E-state index is 12.2. The molecule has 1 aromatic carbocycles. The summed E-state index contributed by atoms with van der Waals surface area (Å²) < 4.78 is 25.7. The monoisotopic (exact) mass is 311 g/mol. The fraction of sp³-hybridized carbons (Fsp3) is 0.600. The number of hydrogen-bond donors (Lipinski definition) is 1. The molecule has 1 saturated heterocycles. The molecule has 1 aromatic rings. The molecule has 0 radical (unpaired) electrons. The first-order valence-electron chi connectivity index (χ1n) is 7.43. The zero-order chi connectivity index (χ0) is 15.6. The molecular formula is C15H25N3O2S. The van der Waals surface area contributed by atoms with E-state index in [1.165, 1.54) is 17.1 Å². The smallest absolute Gasteiger partial charge is 0.242 e. The molecule has 1 aliphatic rings. The van der Waals surface area contributed by atoms with Crippen molar-refractivity contribution < 1.29 is 8.42 Å². The molecule has 1 heterocycles. The Morgan fingerprint density at radius 1 is 1.38 bits per heavy atom. The van der Waals surface area contributed by atoms with E-state index in [4.69, 9.17) is 5.73 Å². The SMILES string of the molecule is CCCC1CCN(c2cc(S(=O)(=O)N(C)C)ccc2N)C1. The van der Waals surface area contributed by atoms with Crippen LogP contribution in [0.1, 0.15) is 26.2 Å². The normalized spacial score (nSPS) is 19.4. The number of nitrogens with zero attached hydrogens (tertiary/aromatic N) is 2. The molecular weight excluding hydrogens is 286 g/mol. The molecule has 1 fully saturated rings. The van der Waals surface area contributed by atoms with Crippen molar-refractivity contribution >= 4 is 21.4 Å². The van der Waals surface area contributed by atoms with Gasteiger partial charge in [0.25, 0.3) is 0 Å². The summed E-state index contributed by atoms with van der Waals surface area (Å²) in [6.45, 7) is 4.10. The van der Waals surface area contributed by atoms with E-state index in [9.17, 15) is 8.42 Å². The number of rotatable bonds is 5. The van der Waals surface area contributed by atoms with Gasteiger partial charge in [-0.05, 0) is 37.0 Å². The van der Waals surface area contributed by atoms with Gasteiger partial charge in [0.15, 0.2) is 0 Å². The lowest BCUT2D eigenvalue weighted by Gasteiger charge is -2.22. The third kappa shape index (κ3) is 3.32. The molecule has 2 rings (SSSR count). The van der Waals surface area contributed by atoms with Crippen molar-refractivity contribution in [3.05, 3.63) is 18.2 Å². The average Bonchev–Trinajstić information content (AvgIpc) is 2.87. The lowest BCUT2D eigenvalue weighted by Crippen LogP contribution is -2.24. The van der Waals surface area contributed by atoms with Gasteiger partial charge in [0.05, 0.1) is 16.3 Å². The van der Waals surface area contributed by atoms with E-state index in [-0.39, 0.29) is 0 Å². The summed E-state index contributed by atoms with van der Waals surface area (Å²) in [5.41, 5.74) is 7.55. The summed E-state index contributed by atoms with van der Waals surface area (Å²) in [6.07, 6.45) is 3.55. The fourth-order valence-electron chi connectivity index (χ4n) is 2.86. The van der Waals surface area contributed by atoms with Crippen molar-refractivity contribution in [2.45, 2.75) is 31.1 Å². The second kappa shape index (κ2) is 6.23. The van der Waals surface area contributed by atoms with Crippen molar-refractivity contribution in [1.82, 2.24) is 4.31 Å². The van der Waals surface area contributed by atoms with Gasteiger partial charge in [-0.3, -0.25) is 0 Å². The topological polar surface area (TPSA) is 66.6 Å². The number of nitrogen functional groups attached to an aromatic ring is 1. The van der Waals surface area contributed by atoms with Crippen molar-refractivity contribution in [3.63, 3.8) is 0 Å². The van der Waals surface area contributed by atoms with Crippen LogP contribution in [0.2, 0.25) is 0 Å². The minimum absolute atomic E-state index is 0.302. The Morgan fingerprint density at radius 2 is 2.10 bits per heavy atom. The lowest BCUT2D eigenvalue weighted by atomic mass is 10.0. The quantitative estimate of drug-likeness (QED) is 0.846. The van der Waals surface area contributed by atoms with Crippen LogP contribution in [0.3, 0.4) is 0 Å². The number of benzene rings is 1. The summed E-state index contributed by atoms with van der Waals surface area (Å²) in [6, 6.07) is 4.98. The third-order valence-corrected chi connectivity index (χ3v) is 5.92. The number of nitrogens with two attached hydrogens (primary N) is 1. The van der Waals surface area contributed by atoms with Gasteiger partial charge in [0.1, 0.15) is 0 Å². The first kappa shape index (κ1) is 16.1. The highest BCUT2D eigenvalue weighted by atomic mass is 32.2. The largest absolute Gasteiger partial charge is 0.397 e. The number of anilines is 2. The van der Waals surface area contributed by atoms with Gasteiger partial charge in [-0.2, -0.15) is 0 Å². The zero-order valence-corrected chi connectivity index (χ0v) is 13.9. The van der Waals surface area contributed by atoms with Gasteiger partial charge in [0.2, 0.25) is 10.0 Å². The standard InChI is InChI=1S/C15H25N3O2S/c1-4-5-12-8-9-18(11-12)15-10-13(6-7-14(15)16)21(19,20)17(2)3/h6-7,10,12H,4-5,8-9,11,16H2,1-3H3. The Morgan fingerprint density at radius 3 is 2.71 bits per heavy atom. The summed E-state index contributed by atoms with van der Waals surface area (Å²) in [4.78, 5) is 2.51. The zero-order valence-electron chi connectivity index (χ0n) is 13.0. The van der Waals surface area contributed by atoms with E-state index < -0.39 is 10.0 Å². The van der Waals surface area contributed by atoms with Crippen LogP contribution in [0.15, 0.2) is 23.1 Å². The second-order valence-electron chi connectivity index (χ2n) is 5.90. The van der Waals surface area contributed by atoms with E-state index in [2.05, 4.69) is 11.8 Å². The van der Waals surface area contributed by atoms with Crippen molar-refractivity contribution in [2.75, 3.05) is 37.8 Å². The number of hydrogen-bond acceptors (Lipinski definition) is 4. The second-order valence-corrected chi connectivity index (χ2v) is 8.05.